The van der Waals surface area contributed by atoms with Gasteiger partial charge in [0.15, 0.2) is 0 Å². The summed E-state index contributed by atoms with van der Waals surface area (Å²) in [5.74, 6) is 1.29. The topological polar surface area (TPSA) is 35.6 Å². The molecule has 1 aromatic rings. The van der Waals surface area contributed by atoms with E-state index in [1.165, 1.54) is 37.8 Å². The summed E-state index contributed by atoms with van der Waals surface area (Å²) in [6.07, 6.45) is 10.1. The Balaban J connectivity index is 1.38. The van der Waals surface area contributed by atoms with E-state index < -0.39 is 0 Å². The van der Waals surface area contributed by atoms with E-state index in [9.17, 15) is 4.79 Å². The lowest BCUT2D eigenvalue weighted by atomic mass is 9.68. The number of amides is 2. The number of halogens is 1. The number of anilines is 1. The van der Waals surface area contributed by atoms with Gasteiger partial charge in [0.1, 0.15) is 0 Å². The normalized spacial score (nSPS) is 32.9. The molecular formula is C22H28ClN3O. The Morgan fingerprint density at radius 3 is 2.81 bits per heavy atom. The van der Waals surface area contributed by atoms with E-state index in [0.717, 1.165) is 37.7 Å². The second-order valence-electron chi connectivity index (χ2n) is 8.64. The van der Waals surface area contributed by atoms with Crippen LogP contribution in [0.15, 0.2) is 35.9 Å². The second kappa shape index (κ2) is 7.14. The van der Waals surface area contributed by atoms with E-state index in [4.69, 9.17) is 11.6 Å². The van der Waals surface area contributed by atoms with Gasteiger partial charge in [-0.2, -0.15) is 0 Å². The van der Waals surface area contributed by atoms with Gasteiger partial charge in [0.2, 0.25) is 0 Å². The third-order valence-corrected chi connectivity index (χ3v) is 7.27. The SMILES string of the molecule is O=C(Nc1ccc(Cl)cc1)N1CCCC2=CC3CC(CN4CCCCC34)C21. The maximum absolute atomic E-state index is 13.1. The van der Waals surface area contributed by atoms with Gasteiger partial charge in [-0.15, -0.1) is 0 Å². The lowest BCUT2D eigenvalue weighted by Gasteiger charge is -2.54. The molecule has 27 heavy (non-hydrogen) atoms. The fourth-order valence-corrected chi connectivity index (χ4v) is 6.06. The van der Waals surface area contributed by atoms with Crippen molar-refractivity contribution in [3.63, 3.8) is 0 Å². The van der Waals surface area contributed by atoms with Crippen molar-refractivity contribution in [3.8, 4) is 0 Å². The lowest BCUT2D eigenvalue weighted by Crippen LogP contribution is -2.60. The first-order valence-electron chi connectivity index (χ1n) is 10.5. The summed E-state index contributed by atoms with van der Waals surface area (Å²) in [5.41, 5.74) is 2.34. The molecule has 3 saturated heterocycles. The maximum atomic E-state index is 13.1. The highest BCUT2D eigenvalue weighted by Crippen LogP contribution is 2.45. The number of fused-ring (bicyclic) bond motifs is 6. The summed E-state index contributed by atoms with van der Waals surface area (Å²) in [6.45, 7) is 3.25. The Morgan fingerprint density at radius 1 is 1.11 bits per heavy atom. The number of nitrogens with zero attached hydrogens (tertiary/aromatic N) is 2. The lowest BCUT2D eigenvalue weighted by molar-refractivity contribution is 0.00908. The number of hydrogen-bond donors (Lipinski definition) is 1. The van der Waals surface area contributed by atoms with Crippen LogP contribution in [0.2, 0.25) is 5.02 Å². The highest BCUT2D eigenvalue weighted by Gasteiger charge is 2.46. The predicted molar refractivity (Wildman–Crippen MR) is 109 cm³/mol. The predicted octanol–water partition coefficient (Wildman–Crippen LogP) is 4.77. The molecule has 3 heterocycles. The van der Waals surface area contributed by atoms with Gasteiger partial charge in [0.05, 0.1) is 6.04 Å². The van der Waals surface area contributed by atoms with Crippen LogP contribution in [0.3, 0.4) is 0 Å². The number of piperidine rings is 3. The summed E-state index contributed by atoms with van der Waals surface area (Å²) >= 11 is 5.97. The molecule has 0 radical (unpaired) electrons. The molecule has 0 saturated carbocycles. The third-order valence-electron chi connectivity index (χ3n) is 7.01. The summed E-state index contributed by atoms with van der Waals surface area (Å²) in [4.78, 5) is 17.9. The minimum Gasteiger partial charge on any atom is -0.317 e. The number of carbonyl (C=O) groups excluding carboxylic acids is 1. The molecular weight excluding hydrogens is 358 g/mol. The number of urea groups is 1. The Bertz CT molecular complexity index is 746. The van der Waals surface area contributed by atoms with Crippen molar-refractivity contribution in [3.05, 3.63) is 40.9 Å². The number of rotatable bonds is 1. The largest absolute Gasteiger partial charge is 0.322 e. The average Bonchev–Trinajstić information content (AvgIpc) is 2.69. The first kappa shape index (κ1) is 17.6. The summed E-state index contributed by atoms with van der Waals surface area (Å²) < 4.78 is 0. The molecule has 3 fully saturated rings. The molecule has 3 aliphatic heterocycles. The first-order chi connectivity index (χ1) is 13.2. The van der Waals surface area contributed by atoms with E-state index in [2.05, 4.69) is 21.2 Å². The molecule has 2 bridgehead atoms. The van der Waals surface area contributed by atoms with Crippen LogP contribution in [-0.2, 0) is 0 Å². The van der Waals surface area contributed by atoms with Crippen molar-refractivity contribution in [2.24, 2.45) is 11.8 Å². The summed E-state index contributed by atoms with van der Waals surface area (Å²) in [5, 5.41) is 3.78. The number of hydrogen-bond acceptors (Lipinski definition) is 2. The Morgan fingerprint density at radius 2 is 1.96 bits per heavy atom. The van der Waals surface area contributed by atoms with Crippen LogP contribution in [0.25, 0.3) is 0 Å². The molecule has 4 atom stereocenters. The zero-order valence-electron chi connectivity index (χ0n) is 15.7. The van der Waals surface area contributed by atoms with Crippen LogP contribution in [0.4, 0.5) is 10.5 Å². The highest BCUT2D eigenvalue weighted by atomic mass is 35.5. The van der Waals surface area contributed by atoms with Gasteiger partial charge in [-0.3, -0.25) is 4.90 Å². The van der Waals surface area contributed by atoms with Crippen molar-refractivity contribution >= 4 is 23.3 Å². The zero-order valence-corrected chi connectivity index (χ0v) is 16.5. The number of benzene rings is 1. The summed E-state index contributed by atoms with van der Waals surface area (Å²) in [7, 11) is 0. The van der Waals surface area contributed by atoms with Gasteiger partial charge in [0, 0.05) is 29.8 Å². The van der Waals surface area contributed by atoms with Crippen molar-refractivity contribution in [1.82, 2.24) is 9.80 Å². The van der Waals surface area contributed by atoms with Gasteiger partial charge in [-0.05, 0) is 74.8 Å². The average molecular weight is 386 g/mol. The molecule has 2 amide bonds. The first-order valence-corrected chi connectivity index (χ1v) is 10.8. The highest BCUT2D eigenvalue weighted by molar-refractivity contribution is 6.30. The van der Waals surface area contributed by atoms with Gasteiger partial charge < -0.3 is 10.2 Å². The maximum Gasteiger partial charge on any atom is 0.322 e. The fraction of sp³-hybridized carbons (Fsp3) is 0.591. The van der Waals surface area contributed by atoms with Crippen molar-refractivity contribution < 1.29 is 4.79 Å². The minimum absolute atomic E-state index is 0.0344. The fourth-order valence-electron chi connectivity index (χ4n) is 5.93. The molecule has 4 unspecified atom stereocenters. The second-order valence-corrected chi connectivity index (χ2v) is 9.07. The van der Waals surface area contributed by atoms with Crippen molar-refractivity contribution in [2.45, 2.75) is 50.6 Å². The van der Waals surface area contributed by atoms with Gasteiger partial charge in [-0.1, -0.05) is 29.7 Å². The van der Waals surface area contributed by atoms with Gasteiger partial charge in [0.25, 0.3) is 0 Å². The van der Waals surface area contributed by atoms with E-state index in [-0.39, 0.29) is 12.1 Å². The molecule has 1 N–H and O–H groups in total. The molecule has 0 spiro atoms. The molecule has 1 aromatic carbocycles. The van der Waals surface area contributed by atoms with Crippen molar-refractivity contribution in [1.29, 1.82) is 0 Å². The molecule has 0 aromatic heterocycles. The van der Waals surface area contributed by atoms with Gasteiger partial charge in [-0.25, -0.2) is 4.79 Å². The zero-order chi connectivity index (χ0) is 18.4. The van der Waals surface area contributed by atoms with E-state index in [1.54, 1.807) is 0 Å². The summed E-state index contributed by atoms with van der Waals surface area (Å²) in [6, 6.07) is 8.45. The van der Waals surface area contributed by atoms with Crippen LogP contribution in [0.1, 0.15) is 38.5 Å². The molecule has 5 heteroatoms. The smallest absolute Gasteiger partial charge is 0.317 e. The van der Waals surface area contributed by atoms with Crippen LogP contribution in [-0.4, -0.2) is 47.5 Å². The van der Waals surface area contributed by atoms with Crippen LogP contribution in [0.5, 0.6) is 0 Å². The molecule has 1 aliphatic carbocycles. The third kappa shape index (κ3) is 3.27. The van der Waals surface area contributed by atoms with Crippen molar-refractivity contribution in [2.75, 3.05) is 25.0 Å². The quantitative estimate of drug-likeness (QED) is 0.707. The monoisotopic (exact) mass is 385 g/mol. The van der Waals surface area contributed by atoms with E-state index in [0.29, 0.717) is 16.9 Å². The van der Waals surface area contributed by atoms with E-state index in [1.807, 2.05) is 24.3 Å². The Kier molecular flexibility index (Phi) is 4.65. The number of carbonyl (C=O) groups is 1. The van der Waals surface area contributed by atoms with Crippen LogP contribution in [0, 0.1) is 11.8 Å². The molecule has 4 aliphatic rings. The minimum atomic E-state index is 0.0344. The standard InChI is InChI=1S/C22H28ClN3O/c23-18-6-8-19(9-7-18)24-22(27)26-11-3-4-15-12-16-13-17(21(15)26)14-25-10-2-1-5-20(16)25/h6-9,12,16-17,20-21H,1-5,10-11,13-14H2,(H,24,27). The number of nitrogens with one attached hydrogen (secondary N) is 1. The number of likely N-dealkylation sites (tertiary alicyclic amines) is 1. The Hall–Kier alpha value is -1.52. The van der Waals surface area contributed by atoms with E-state index >= 15 is 0 Å². The Labute approximate surface area is 166 Å². The molecule has 5 rings (SSSR count). The van der Waals surface area contributed by atoms with Crippen LogP contribution < -0.4 is 5.32 Å². The molecule has 144 valence electrons. The van der Waals surface area contributed by atoms with Crippen LogP contribution >= 0.6 is 11.6 Å². The van der Waals surface area contributed by atoms with Gasteiger partial charge >= 0.3 is 6.03 Å². The molecule has 4 nitrogen and oxygen atoms in total.